The van der Waals surface area contributed by atoms with Crippen molar-refractivity contribution in [2.45, 2.75) is 26.2 Å². The average molecular weight is 320 g/mol. The maximum absolute atomic E-state index is 11.8. The number of hydrogen-bond donors (Lipinski definition) is 1. The maximum atomic E-state index is 11.8. The maximum Gasteiger partial charge on any atom is 0.335 e. The molecular weight excluding hydrogens is 300 g/mol. The summed E-state index contributed by atoms with van der Waals surface area (Å²) in [4.78, 5) is 33.4. The minimum atomic E-state index is -1.03. The van der Waals surface area contributed by atoms with Gasteiger partial charge in [-0.15, -0.1) is 0 Å². The van der Waals surface area contributed by atoms with E-state index in [9.17, 15) is 14.4 Å². The molecule has 0 bridgehead atoms. The van der Waals surface area contributed by atoms with Crippen molar-refractivity contribution in [3.05, 3.63) is 42.5 Å². The van der Waals surface area contributed by atoms with Gasteiger partial charge < -0.3 is 14.6 Å². The molecule has 1 aromatic carbocycles. The highest BCUT2D eigenvalue weighted by atomic mass is 16.5. The Hall–Kier alpha value is -2.63. The molecule has 0 aliphatic heterocycles. The monoisotopic (exact) mass is 320 g/mol. The molecule has 0 saturated carbocycles. The Balaban J connectivity index is 2.30. The number of carbonyl (C=O) groups excluding carboxylic acids is 2. The molecule has 23 heavy (non-hydrogen) atoms. The lowest BCUT2D eigenvalue weighted by atomic mass is 10.0. The number of esters is 2. The van der Waals surface area contributed by atoms with Crippen LogP contribution in [0.1, 0.15) is 36.5 Å². The van der Waals surface area contributed by atoms with E-state index in [1.165, 1.54) is 24.3 Å². The molecule has 0 aliphatic rings. The summed E-state index contributed by atoms with van der Waals surface area (Å²) in [6.45, 7) is 5.50. The normalized spacial score (nSPS) is 11.3. The number of carbonyl (C=O) groups is 3. The van der Waals surface area contributed by atoms with Crippen LogP contribution in [0.5, 0.6) is 5.75 Å². The van der Waals surface area contributed by atoms with Gasteiger partial charge >= 0.3 is 17.9 Å². The van der Waals surface area contributed by atoms with Gasteiger partial charge in [-0.05, 0) is 43.0 Å². The first-order valence-corrected chi connectivity index (χ1v) is 7.25. The summed E-state index contributed by atoms with van der Waals surface area (Å²) < 4.78 is 10.0. The van der Waals surface area contributed by atoms with Crippen LogP contribution in [0.3, 0.4) is 0 Å². The quantitative estimate of drug-likeness (QED) is 0.326. The SMILES string of the molecule is C=CC(=O)OCCC[C@@H](C)CC(=O)Oc1ccc(C(=O)O)cc1. The van der Waals surface area contributed by atoms with E-state index in [0.29, 0.717) is 18.8 Å². The lowest BCUT2D eigenvalue weighted by Crippen LogP contribution is -2.13. The first kappa shape index (κ1) is 18.4. The van der Waals surface area contributed by atoms with Gasteiger partial charge in [0.25, 0.3) is 0 Å². The first-order valence-electron chi connectivity index (χ1n) is 7.25. The molecule has 1 atom stereocenters. The molecule has 0 saturated heterocycles. The summed E-state index contributed by atoms with van der Waals surface area (Å²) in [5, 5.41) is 8.78. The molecule has 6 nitrogen and oxygen atoms in total. The Morgan fingerprint density at radius 3 is 2.48 bits per heavy atom. The van der Waals surface area contributed by atoms with Crippen molar-refractivity contribution >= 4 is 17.9 Å². The molecule has 0 aliphatic carbocycles. The summed E-state index contributed by atoms with van der Waals surface area (Å²) in [5.74, 6) is -1.48. The van der Waals surface area contributed by atoms with Crippen molar-refractivity contribution in [1.82, 2.24) is 0 Å². The Kier molecular flexibility index (Phi) is 7.53. The summed E-state index contributed by atoms with van der Waals surface area (Å²) in [5.41, 5.74) is 0.132. The van der Waals surface area contributed by atoms with Gasteiger partial charge in [-0.3, -0.25) is 4.79 Å². The minimum Gasteiger partial charge on any atom is -0.478 e. The van der Waals surface area contributed by atoms with Crippen LogP contribution in [0.15, 0.2) is 36.9 Å². The van der Waals surface area contributed by atoms with Crippen LogP contribution in [0.4, 0.5) is 0 Å². The molecule has 0 radical (unpaired) electrons. The molecule has 1 rings (SSSR count). The van der Waals surface area contributed by atoms with Crippen LogP contribution in [0.2, 0.25) is 0 Å². The molecule has 0 unspecified atom stereocenters. The van der Waals surface area contributed by atoms with E-state index in [-0.39, 0.29) is 23.9 Å². The number of hydrogen-bond acceptors (Lipinski definition) is 5. The van der Waals surface area contributed by atoms with Gasteiger partial charge in [0, 0.05) is 12.5 Å². The summed E-state index contributed by atoms with van der Waals surface area (Å²) in [6, 6.07) is 5.65. The van der Waals surface area contributed by atoms with E-state index in [1.807, 2.05) is 6.92 Å². The number of ether oxygens (including phenoxy) is 2. The Morgan fingerprint density at radius 1 is 1.26 bits per heavy atom. The van der Waals surface area contributed by atoms with Crippen LogP contribution in [-0.2, 0) is 14.3 Å². The van der Waals surface area contributed by atoms with E-state index < -0.39 is 11.9 Å². The molecule has 0 heterocycles. The van der Waals surface area contributed by atoms with Crippen LogP contribution in [-0.4, -0.2) is 29.6 Å². The second-order valence-corrected chi connectivity index (χ2v) is 5.13. The second kappa shape index (κ2) is 9.40. The number of rotatable bonds is 9. The highest BCUT2D eigenvalue weighted by molar-refractivity contribution is 5.87. The van der Waals surface area contributed by atoms with E-state index in [4.69, 9.17) is 14.6 Å². The van der Waals surface area contributed by atoms with Gasteiger partial charge in [0.05, 0.1) is 12.2 Å². The minimum absolute atomic E-state index is 0.0863. The summed E-state index contributed by atoms with van der Waals surface area (Å²) in [6.07, 6.45) is 2.71. The molecule has 1 aromatic rings. The van der Waals surface area contributed by atoms with Gasteiger partial charge in [-0.2, -0.15) is 0 Å². The number of aromatic carboxylic acids is 1. The molecule has 1 N–H and O–H groups in total. The average Bonchev–Trinajstić information content (AvgIpc) is 2.51. The fraction of sp³-hybridized carbons (Fsp3) is 0.353. The Morgan fingerprint density at radius 2 is 1.91 bits per heavy atom. The number of carboxylic acids is 1. The third kappa shape index (κ3) is 7.26. The largest absolute Gasteiger partial charge is 0.478 e. The highest BCUT2D eigenvalue weighted by Gasteiger charge is 2.12. The van der Waals surface area contributed by atoms with Gasteiger partial charge in [0.1, 0.15) is 5.75 Å². The molecular formula is C17H20O6. The predicted octanol–water partition coefficient (Wildman–Crippen LogP) is 2.83. The summed E-state index contributed by atoms with van der Waals surface area (Å²) in [7, 11) is 0. The van der Waals surface area contributed by atoms with E-state index in [1.54, 1.807) is 0 Å². The predicted molar refractivity (Wildman–Crippen MR) is 83.2 cm³/mol. The standard InChI is InChI=1S/C17H20O6/c1-3-15(18)22-10-4-5-12(2)11-16(19)23-14-8-6-13(7-9-14)17(20)21/h3,6-9,12H,1,4-5,10-11H2,2H3,(H,20,21)/t12-/m1/s1. The van der Waals surface area contributed by atoms with E-state index in [0.717, 1.165) is 12.5 Å². The van der Waals surface area contributed by atoms with Crippen molar-refractivity contribution in [2.75, 3.05) is 6.61 Å². The number of carboxylic acid groups (broad SMARTS) is 1. The van der Waals surface area contributed by atoms with Crippen molar-refractivity contribution in [2.24, 2.45) is 5.92 Å². The second-order valence-electron chi connectivity index (χ2n) is 5.13. The van der Waals surface area contributed by atoms with Gasteiger partial charge in [0.2, 0.25) is 0 Å². The zero-order valence-corrected chi connectivity index (χ0v) is 13.0. The molecule has 0 amide bonds. The smallest absolute Gasteiger partial charge is 0.335 e. The van der Waals surface area contributed by atoms with Crippen LogP contribution >= 0.6 is 0 Å². The number of benzene rings is 1. The lowest BCUT2D eigenvalue weighted by molar-refractivity contribution is -0.138. The highest BCUT2D eigenvalue weighted by Crippen LogP contribution is 2.16. The zero-order valence-electron chi connectivity index (χ0n) is 13.0. The van der Waals surface area contributed by atoms with Crippen molar-refractivity contribution in [3.63, 3.8) is 0 Å². The molecule has 0 spiro atoms. The van der Waals surface area contributed by atoms with Crippen LogP contribution in [0.25, 0.3) is 0 Å². The lowest BCUT2D eigenvalue weighted by Gasteiger charge is -2.11. The van der Waals surface area contributed by atoms with Crippen LogP contribution < -0.4 is 4.74 Å². The fourth-order valence-corrected chi connectivity index (χ4v) is 1.89. The van der Waals surface area contributed by atoms with Crippen LogP contribution in [0, 0.1) is 5.92 Å². The summed E-state index contributed by atoms with van der Waals surface area (Å²) >= 11 is 0. The fourth-order valence-electron chi connectivity index (χ4n) is 1.89. The van der Waals surface area contributed by atoms with Gasteiger partial charge in [-0.25, -0.2) is 9.59 Å². The van der Waals surface area contributed by atoms with Crippen molar-refractivity contribution in [3.8, 4) is 5.75 Å². The van der Waals surface area contributed by atoms with Gasteiger partial charge in [-0.1, -0.05) is 13.5 Å². The third-order valence-corrected chi connectivity index (χ3v) is 3.10. The van der Waals surface area contributed by atoms with Crippen molar-refractivity contribution < 1.29 is 29.0 Å². The van der Waals surface area contributed by atoms with E-state index >= 15 is 0 Å². The third-order valence-electron chi connectivity index (χ3n) is 3.10. The van der Waals surface area contributed by atoms with Gasteiger partial charge in [0.15, 0.2) is 0 Å². The van der Waals surface area contributed by atoms with E-state index in [2.05, 4.69) is 6.58 Å². The first-order chi connectivity index (χ1) is 10.9. The zero-order chi connectivity index (χ0) is 17.2. The molecule has 0 aromatic heterocycles. The molecule has 0 fully saturated rings. The Labute approximate surface area is 134 Å². The molecule has 6 heteroatoms. The van der Waals surface area contributed by atoms with Crippen molar-refractivity contribution in [1.29, 1.82) is 0 Å². The molecule has 124 valence electrons. The topological polar surface area (TPSA) is 89.9 Å². The Bertz CT molecular complexity index is 561.